The fraction of sp³-hybridized carbons (Fsp3) is 0.250. The van der Waals surface area contributed by atoms with Crippen LogP contribution in [0, 0.1) is 0 Å². The number of ether oxygens (including phenoxy) is 1. The molecule has 8 heteroatoms. The lowest BCUT2D eigenvalue weighted by Crippen LogP contribution is -2.26. The maximum Gasteiger partial charge on any atom is 0.254 e. The Morgan fingerprint density at radius 1 is 1.25 bits per heavy atom. The summed E-state index contributed by atoms with van der Waals surface area (Å²) in [6, 6.07) is 12.9. The standard InChI is InChI=1S/C24H21ClN2O5/c1-2-31-21-11-20(32-27-21)23(29)22-17-9-16(18(25)10-19(17)26-24(22)30)13-5-3-12(4-6-13)14-7-15(28)8-14/h3-6,9-11,14-15,26,28,30H,2,7-8H2,1H3. The van der Waals surface area contributed by atoms with Crippen molar-refractivity contribution in [2.24, 2.45) is 0 Å². The van der Waals surface area contributed by atoms with Crippen molar-refractivity contribution in [2.75, 3.05) is 6.61 Å². The number of H-pyrrole nitrogens is 1. The van der Waals surface area contributed by atoms with Crippen LogP contribution in [-0.4, -0.2) is 38.8 Å². The number of nitrogens with one attached hydrogen (secondary N) is 1. The summed E-state index contributed by atoms with van der Waals surface area (Å²) in [5.74, 6) is -0.233. The fourth-order valence-corrected chi connectivity index (χ4v) is 4.42. The molecule has 7 nitrogen and oxygen atoms in total. The van der Waals surface area contributed by atoms with Gasteiger partial charge in [0.1, 0.15) is 0 Å². The molecule has 0 saturated heterocycles. The average molecular weight is 453 g/mol. The summed E-state index contributed by atoms with van der Waals surface area (Å²) in [6.45, 7) is 2.19. The van der Waals surface area contributed by atoms with Gasteiger partial charge in [-0.2, -0.15) is 0 Å². The predicted molar refractivity (Wildman–Crippen MR) is 119 cm³/mol. The van der Waals surface area contributed by atoms with E-state index in [1.807, 2.05) is 24.3 Å². The van der Waals surface area contributed by atoms with Crippen molar-refractivity contribution in [1.82, 2.24) is 10.1 Å². The largest absolute Gasteiger partial charge is 0.494 e. The summed E-state index contributed by atoms with van der Waals surface area (Å²) in [5, 5.41) is 24.7. The molecular formula is C24H21ClN2O5. The van der Waals surface area contributed by atoms with Crippen molar-refractivity contribution in [3.8, 4) is 22.9 Å². The van der Waals surface area contributed by atoms with Crippen LogP contribution >= 0.6 is 11.6 Å². The molecule has 5 rings (SSSR count). The van der Waals surface area contributed by atoms with Gasteiger partial charge in [-0.25, -0.2) is 0 Å². The number of carbonyl (C=O) groups excluding carboxylic acids is 1. The number of aromatic amines is 1. The Morgan fingerprint density at radius 2 is 2.00 bits per heavy atom. The molecule has 2 heterocycles. The van der Waals surface area contributed by atoms with Crippen molar-refractivity contribution < 1.29 is 24.3 Å². The number of aliphatic hydroxyl groups is 1. The number of aromatic hydroxyl groups is 1. The highest BCUT2D eigenvalue weighted by Crippen LogP contribution is 2.40. The van der Waals surface area contributed by atoms with E-state index in [9.17, 15) is 15.0 Å². The molecule has 1 aliphatic rings. The molecule has 1 saturated carbocycles. The third kappa shape index (κ3) is 3.53. The summed E-state index contributed by atoms with van der Waals surface area (Å²) in [6.07, 6.45) is 1.36. The van der Waals surface area contributed by atoms with Gasteiger partial charge in [0.2, 0.25) is 17.4 Å². The molecule has 1 fully saturated rings. The number of rotatable bonds is 6. The van der Waals surface area contributed by atoms with Gasteiger partial charge in [0.25, 0.3) is 5.88 Å². The summed E-state index contributed by atoms with van der Waals surface area (Å²) in [7, 11) is 0. The first-order valence-electron chi connectivity index (χ1n) is 10.4. The molecular weight excluding hydrogens is 432 g/mol. The highest BCUT2D eigenvalue weighted by Gasteiger charge is 2.28. The molecule has 1 aliphatic carbocycles. The minimum atomic E-state index is -0.514. The van der Waals surface area contributed by atoms with Crippen LogP contribution in [0.3, 0.4) is 0 Å². The molecule has 0 spiro atoms. The predicted octanol–water partition coefficient (Wildman–Crippen LogP) is 5.05. The highest BCUT2D eigenvalue weighted by atomic mass is 35.5. The minimum Gasteiger partial charge on any atom is -0.494 e. The Hall–Kier alpha value is -3.29. The first-order chi connectivity index (χ1) is 15.4. The number of carbonyl (C=O) groups is 1. The molecule has 4 aromatic rings. The van der Waals surface area contributed by atoms with E-state index >= 15 is 0 Å². The summed E-state index contributed by atoms with van der Waals surface area (Å²) in [4.78, 5) is 15.9. The van der Waals surface area contributed by atoms with Gasteiger partial charge < -0.3 is 24.5 Å². The van der Waals surface area contributed by atoms with Crippen molar-refractivity contribution in [3.63, 3.8) is 0 Å². The SMILES string of the molecule is CCOc1cc(C(=O)c2c(O)[nH]c3cc(Cl)c(-c4ccc(C5CC(O)C5)cc4)cc23)on1. The number of hydrogen-bond acceptors (Lipinski definition) is 6. The topological polar surface area (TPSA) is 109 Å². The molecule has 0 aliphatic heterocycles. The zero-order chi connectivity index (χ0) is 22.4. The van der Waals surface area contributed by atoms with Crippen LogP contribution < -0.4 is 4.74 Å². The molecule has 0 unspecified atom stereocenters. The van der Waals surface area contributed by atoms with Gasteiger partial charge in [-0.3, -0.25) is 4.79 Å². The van der Waals surface area contributed by atoms with Crippen molar-refractivity contribution in [2.45, 2.75) is 31.8 Å². The normalized spacial score (nSPS) is 18.0. The van der Waals surface area contributed by atoms with Crippen LogP contribution in [-0.2, 0) is 0 Å². The van der Waals surface area contributed by atoms with Crippen molar-refractivity contribution >= 4 is 28.3 Å². The molecule has 0 radical (unpaired) electrons. The number of ketones is 1. The third-order valence-electron chi connectivity index (χ3n) is 5.90. The van der Waals surface area contributed by atoms with Gasteiger partial charge in [-0.1, -0.05) is 35.9 Å². The van der Waals surface area contributed by atoms with Gasteiger partial charge >= 0.3 is 0 Å². The van der Waals surface area contributed by atoms with E-state index < -0.39 is 5.78 Å². The Balaban J connectivity index is 1.52. The molecule has 0 bridgehead atoms. The van der Waals surface area contributed by atoms with E-state index in [-0.39, 0.29) is 29.2 Å². The lowest BCUT2D eigenvalue weighted by Gasteiger charge is -2.31. The number of aliphatic hydroxyl groups excluding tert-OH is 1. The van der Waals surface area contributed by atoms with Crippen LogP contribution in [0.4, 0.5) is 0 Å². The zero-order valence-electron chi connectivity index (χ0n) is 17.3. The quantitative estimate of drug-likeness (QED) is 0.353. The van der Waals surface area contributed by atoms with Gasteiger partial charge in [-0.05, 0) is 54.1 Å². The minimum absolute atomic E-state index is 0.0341. The van der Waals surface area contributed by atoms with Crippen LogP contribution in [0.2, 0.25) is 5.02 Å². The van der Waals surface area contributed by atoms with Gasteiger partial charge in [0, 0.05) is 10.9 Å². The summed E-state index contributed by atoms with van der Waals surface area (Å²) >= 11 is 6.53. The second-order valence-corrected chi connectivity index (χ2v) is 8.37. The fourth-order valence-electron chi connectivity index (χ4n) is 4.15. The zero-order valence-corrected chi connectivity index (χ0v) is 18.0. The number of halogens is 1. The van der Waals surface area contributed by atoms with E-state index in [4.69, 9.17) is 20.9 Å². The first kappa shape index (κ1) is 20.6. The van der Waals surface area contributed by atoms with Crippen molar-refractivity contribution in [3.05, 3.63) is 64.4 Å². The number of hydrogen-bond donors (Lipinski definition) is 3. The van der Waals surface area contributed by atoms with Crippen LogP contribution in [0.15, 0.2) is 47.0 Å². The molecule has 3 N–H and O–H groups in total. The summed E-state index contributed by atoms with van der Waals surface area (Å²) < 4.78 is 10.4. The highest BCUT2D eigenvalue weighted by molar-refractivity contribution is 6.34. The monoisotopic (exact) mass is 452 g/mol. The maximum absolute atomic E-state index is 13.1. The summed E-state index contributed by atoms with van der Waals surface area (Å²) in [5.41, 5.74) is 3.42. The van der Waals surface area contributed by atoms with E-state index in [0.717, 1.165) is 24.0 Å². The Morgan fingerprint density at radius 3 is 2.69 bits per heavy atom. The first-order valence-corrected chi connectivity index (χ1v) is 10.8. The van der Waals surface area contributed by atoms with Gasteiger partial charge in [0.05, 0.1) is 34.9 Å². The number of aromatic nitrogens is 2. The molecule has 0 amide bonds. The molecule has 164 valence electrons. The Bertz CT molecular complexity index is 1300. The Kier molecular flexibility index (Phi) is 5.15. The van der Waals surface area contributed by atoms with E-state index in [1.165, 1.54) is 11.6 Å². The van der Waals surface area contributed by atoms with Crippen LogP contribution in [0.25, 0.3) is 22.0 Å². The van der Waals surface area contributed by atoms with E-state index in [1.54, 1.807) is 19.1 Å². The lowest BCUT2D eigenvalue weighted by atomic mass is 9.77. The number of benzene rings is 2. The molecule has 32 heavy (non-hydrogen) atoms. The van der Waals surface area contributed by atoms with Gasteiger partial charge in [0.15, 0.2) is 0 Å². The second kappa shape index (κ2) is 8.00. The van der Waals surface area contributed by atoms with Crippen LogP contribution in [0.1, 0.15) is 47.4 Å². The molecule has 2 aromatic heterocycles. The van der Waals surface area contributed by atoms with Gasteiger partial charge in [-0.15, -0.1) is 0 Å². The van der Waals surface area contributed by atoms with E-state index in [0.29, 0.717) is 28.5 Å². The Labute approximate surface area is 188 Å². The van der Waals surface area contributed by atoms with E-state index in [2.05, 4.69) is 10.1 Å². The maximum atomic E-state index is 13.1. The smallest absolute Gasteiger partial charge is 0.254 e. The second-order valence-electron chi connectivity index (χ2n) is 7.96. The van der Waals surface area contributed by atoms with Crippen LogP contribution in [0.5, 0.6) is 11.8 Å². The average Bonchev–Trinajstić information content (AvgIpc) is 3.34. The third-order valence-corrected chi connectivity index (χ3v) is 6.22. The lowest BCUT2D eigenvalue weighted by molar-refractivity contribution is 0.0746. The molecule has 0 atom stereocenters. The van der Waals surface area contributed by atoms with Crippen molar-refractivity contribution in [1.29, 1.82) is 0 Å². The molecule has 2 aromatic carbocycles. The number of fused-ring (bicyclic) bond motifs is 1. The number of nitrogens with zero attached hydrogens (tertiary/aromatic N) is 1.